The fourth-order valence-electron chi connectivity index (χ4n) is 2.36. The first kappa shape index (κ1) is 14.7. The Morgan fingerprint density at radius 2 is 2.05 bits per heavy atom. The predicted octanol–water partition coefficient (Wildman–Crippen LogP) is 3.64. The van der Waals surface area contributed by atoms with Gasteiger partial charge in [0.05, 0.1) is 11.1 Å². The largest absolute Gasteiger partial charge is 0.478 e. The second kappa shape index (κ2) is 5.34. The molecule has 20 heavy (non-hydrogen) atoms. The normalized spacial score (nSPS) is 15.8. The molecule has 0 amide bonds. The number of nitrogens with zero attached hydrogens (tertiary/aromatic N) is 1. The number of anilines is 1. The number of carboxylic acid groups (broad SMARTS) is 1. The molecule has 0 aromatic heterocycles. The van der Waals surface area contributed by atoms with Gasteiger partial charge < -0.3 is 10.0 Å². The van der Waals surface area contributed by atoms with Crippen molar-refractivity contribution in [3.8, 4) is 0 Å². The third-order valence-corrected chi connectivity index (χ3v) is 3.74. The van der Waals surface area contributed by atoms with Crippen LogP contribution in [0.25, 0.3) is 0 Å². The van der Waals surface area contributed by atoms with Crippen molar-refractivity contribution in [3.63, 3.8) is 0 Å². The van der Waals surface area contributed by atoms with Crippen molar-refractivity contribution in [3.05, 3.63) is 29.3 Å². The van der Waals surface area contributed by atoms with Crippen molar-refractivity contribution >= 4 is 11.7 Å². The minimum absolute atomic E-state index is 0.502. The summed E-state index contributed by atoms with van der Waals surface area (Å²) in [6.45, 7) is 0.740. The van der Waals surface area contributed by atoms with E-state index in [1.807, 2.05) is 4.90 Å². The molecule has 0 heterocycles. The van der Waals surface area contributed by atoms with Crippen LogP contribution in [0.4, 0.5) is 18.9 Å². The highest BCUT2D eigenvalue weighted by Crippen LogP contribution is 2.34. The molecule has 0 saturated heterocycles. The van der Waals surface area contributed by atoms with Crippen LogP contribution in [0.3, 0.4) is 0 Å². The summed E-state index contributed by atoms with van der Waals surface area (Å²) in [7, 11) is 1.77. The predicted molar refractivity (Wildman–Crippen MR) is 69.0 cm³/mol. The fourth-order valence-corrected chi connectivity index (χ4v) is 2.36. The van der Waals surface area contributed by atoms with E-state index in [1.165, 1.54) is 12.5 Å². The van der Waals surface area contributed by atoms with Gasteiger partial charge >= 0.3 is 12.1 Å². The quantitative estimate of drug-likeness (QED) is 0.919. The van der Waals surface area contributed by atoms with E-state index < -0.39 is 23.3 Å². The molecule has 0 aliphatic heterocycles. The van der Waals surface area contributed by atoms with Gasteiger partial charge in [-0.25, -0.2) is 4.79 Å². The zero-order valence-corrected chi connectivity index (χ0v) is 11.1. The van der Waals surface area contributed by atoms with Crippen LogP contribution in [0.2, 0.25) is 0 Å². The number of carbonyl (C=O) groups is 1. The van der Waals surface area contributed by atoms with E-state index in [1.54, 1.807) is 7.05 Å². The van der Waals surface area contributed by atoms with E-state index in [9.17, 15) is 18.0 Å². The van der Waals surface area contributed by atoms with Gasteiger partial charge in [0.2, 0.25) is 0 Å². The molecule has 1 N–H and O–H groups in total. The molecule has 1 aromatic rings. The molecular formula is C14H16F3NO2. The van der Waals surface area contributed by atoms with Crippen LogP contribution in [0.1, 0.15) is 35.2 Å². The monoisotopic (exact) mass is 287 g/mol. The molecule has 1 fully saturated rings. The summed E-state index contributed by atoms with van der Waals surface area (Å²) in [5.41, 5.74) is -1.30. The maximum atomic E-state index is 12.7. The third kappa shape index (κ3) is 3.05. The molecule has 0 unspecified atom stereocenters. The summed E-state index contributed by atoms with van der Waals surface area (Å²) >= 11 is 0. The zero-order chi connectivity index (χ0) is 14.9. The summed E-state index contributed by atoms with van der Waals surface area (Å²) in [5.74, 6) is -1.01. The van der Waals surface area contributed by atoms with E-state index in [-0.39, 0.29) is 0 Å². The van der Waals surface area contributed by atoms with E-state index in [2.05, 4.69) is 0 Å². The molecule has 1 aliphatic rings. The molecule has 1 aliphatic carbocycles. The minimum Gasteiger partial charge on any atom is -0.478 e. The Hall–Kier alpha value is -1.72. The first-order valence-electron chi connectivity index (χ1n) is 6.44. The van der Waals surface area contributed by atoms with Gasteiger partial charge in [-0.2, -0.15) is 13.2 Å². The lowest BCUT2D eigenvalue weighted by Gasteiger charge is -2.31. The topological polar surface area (TPSA) is 40.5 Å². The minimum atomic E-state index is -4.65. The van der Waals surface area contributed by atoms with Crippen LogP contribution >= 0.6 is 0 Å². The number of rotatable bonds is 4. The van der Waals surface area contributed by atoms with Crippen molar-refractivity contribution in [2.75, 3.05) is 18.5 Å². The Balaban J connectivity index is 2.27. The highest BCUT2D eigenvalue weighted by molar-refractivity contribution is 5.91. The first-order valence-corrected chi connectivity index (χ1v) is 6.44. The van der Waals surface area contributed by atoms with E-state index >= 15 is 0 Å². The third-order valence-electron chi connectivity index (χ3n) is 3.74. The lowest BCUT2D eigenvalue weighted by molar-refractivity contribution is -0.138. The molecule has 1 aromatic carbocycles. The van der Waals surface area contributed by atoms with Crippen molar-refractivity contribution in [1.29, 1.82) is 0 Å². The van der Waals surface area contributed by atoms with Crippen molar-refractivity contribution in [2.24, 2.45) is 5.92 Å². The molecular weight excluding hydrogens is 271 g/mol. The van der Waals surface area contributed by atoms with Crippen molar-refractivity contribution < 1.29 is 23.1 Å². The second-order valence-electron chi connectivity index (χ2n) is 5.21. The van der Waals surface area contributed by atoms with Crippen LogP contribution in [-0.4, -0.2) is 24.7 Å². The van der Waals surface area contributed by atoms with E-state index in [0.29, 0.717) is 11.6 Å². The Labute approximate surface area is 115 Å². The van der Waals surface area contributed by atoms with Crippen LogP contribution in [0.5, 0.6) is 0 Å². The van der Waals surface area contributed by atoms with Crippen molar-refractivity contribution in [2.45, 2.75) is 25.4 Å². The van der Waals surface area contributed by atoms with Gasteiger partial charge in [0, 0.05) is 19.3 Å². The fraction of sp³-hybridized carbons (Fsp3) is 0.500. The van der Waals surface area contributed by atoms with Gasteiger partial charge in [-0.3, -0.25) is 0 Å². The van der Waals surface area contributed by atoms with Gasteiger partial charge in [-0.05, 0) is 37.0 Å². The summed E-state index contributed by atoms with van der Waals surface area (Å²) in [6, 6.07) is 3.27. The Morgan fingerprint density at radius 1 is 1.40 bits per heavy atom. The average molecular weight is 287 g/mol. The average Bonchev–Trinajstić information content (AvgIpc) is 2.31. The lowest BCUT2D eigenvalue weighted by atomic mass is 9.85. The SMILES string of the molecule is CN(CC1CCC1)c1ccc(C(F)(F)F)c(C(=O)O)c1. The van der Waals surface area contributed by atoms with E-state index in [0.717, 1.165) is 31.5 Å². The van der Waals surface area contributed by atoms with Crippen LogP contribution in [-0.2, 0) is 6.18 Å². The summed E-state index contributed by atoms with van der Waals surface area (Å²) < 4.78 is 38.2. The molecule has 0 bridgehead atoms. The molecule has 110 valence electrons. The Morgan fingerprint density at radius 3 is 2.50 bits per heavy atom. The number of halogens is 3. The molecule has 0 atom stereocenters. The molecule has 6 heteroatoms. The second-order valence-corrected chi connectivity index (χ2v) is 5.21. The first-order chi connectivity index (χ1) is 9.29. The number of hydrogen-bond donors (Lipinski definition) is 1. The van der Waals surface area contributed by atoms with Crippen LogP contribution in [0, 0.1) is 5.92 Å². The number of benzene rings is 1. The smallest absolute Gasteiger partial charge is 0.417 e. The highest BCUT2D eigenvalue weighted by Gasteiger charge is 2.35. The maximum Gasteiger partial charge on any atom is 0.417 e. The van der Waals surface area contributed by atoms with Crippen molar-refractivity contribution in [1.82, 2.24) is 0 Å². The van der Waals surface area contributed by atoms with Gasteiger partial charge in [-0.15, -0.1) is 0 Å². The van der Waals surface area contributed by atoms with Gasteiger partial charge in [0.15, 0.2) is 0 Å². The summed E-state index contributed by atoms with van der Waals surface area (Å²) in [5, 5.41) is 8.96. The van der Waals surface area contributed by atoms with Gasteiger partial charge in [0.1, 0.15) is 0 Å². The molecule has 3 nitrogen and oxygen atoms in total. The van der Waals surface area contributed by atoms with Gasteiger partial charge in [-0.1, -0.05) is 6.42 Å². The summed E-state index contributed by atoms with van der Waals surface area (Å²) in [4.78, 5) is 12.8. The van der Waals surface area contributed by atoms with Crippen LogP contribution in [0.15, 0.2) is 18.2 Å². The Kier molecular flexibility index (Phi) is 3.92. The molecule has 0 spiro atoms. The van der Waals surface area contributed by atoms with Gasteiger partial charge in [0.25, 0.3) is 0 Å². The highest BCUT2D eigenvalue weighted by atomic mass is 19.4. The molecule has 0 radical (unpaired) electrons. The van der Waals surface area contributed by atoms with E-state index in [4.69, 9.17) is 5.11 Å². The number of aromatic carboxylic acids is 1. The van der Waals surface area contributed by atoms with Crippen LogP contribution < -0.4 is 4.90 Å². The Bertz CT molecular complexity index is 510. The lowest BCUT2D eigenvalue weighted by Crippen LogP contribution is -2.29. The summed E-state index contributed by atoms with van der Waals surface area (Å²) in [6.07, 6.45) is -1.22. The number of carboxylic acids is 1. The maximum absolute atomic E-state index is 12.7. The number of alkyl halides is 3. The number of hydrogen-bond acceptors (Lipinski definition) is 2. The standard InChI is InChI=1S/C14H16F3NO2/c1-18(8-9-3-2-4-9)10-5-6-12(14(15,16)17)11(7-10)13(19)20/h5-7,9H,2-4,8H2,1H3,(H,19,20). The molecule has 2 rings (SSSR count). The molecule has 1 saturated carbocycles. The zero-order valence-electron chi connectivity index (χ0n) is 11.1.